The molecule has 3 N–H and O–H groups in total. The number of halogens is 1. The standard InChI is InChI=1S/C13H12BrNO4/c14-8-5-7-1-2-11(13(17)18)19-12(7)9(6-8)10(16)3-4-15/h3-6,11,15-16H,1-2H2,(H,17,18)/b10-3-,15-4?. The molecule has 0 fully saturated rings. The Labute approximate surface area is 118 Å². The summed E-state index contributed by atoms with van der Waals surface area (Å²) >= 11 is 3.34. The maximum Gasteiger partial charge on any atom is 0.344 e. The Morgan fingerprint density at radius 3 is 2.84 bits per heavy atom. The summed E-state index contributed by atoms with van der Waals surface area (Å²) in [6.07, 6.45) is 2.24. The zero-order valence-electron chi connectivity index (χ0n) is 9.89. The first-order valence-corrected chi connectivity index (χ1v) is 6.44. The number of hydrogen-bond acceptors (Lipinski definition) is 4. The highest BCUT2D eigenvalue weighted by Gasteiger charge is 2.28. The van der Waals surface area contributed by atoms with Crippen LogP contribution in [0.2, 0.25) is 0 Å². The third-order valence-electron chi connectivity index (χ3n) is 2.86. The Hall–Kier alpha value is -1.82. The van der Waals surface area contributed by atoms with Gasteiger partial charge in [-0.25, -0.2) is 4.79 Å². The lowest BCUT2D eigenvalue weighted by molar-refractivity contribution is -0.145. The molecule has 1 aliphatic rings. The number of carbonyl (C=O) groups is 1. The van der Waals surface area contributed by atoms with E-state index >= 15 is 0 Å². The lowest BCUT2D eigenvalue weighted by Gasteiger charge is -2.25. The molecule has 0 amide bonds. The number of ether oxygens (including phenoxy) is 1. The van der Waals surface area contributed by atoms with E-state index in [1.165, 1.54) is 6.08 Å². The number of nitrogens with one attached hydrogen (secondary N) is 1. The highest BCUT2D eigenvalue weighted by Crippen LogP contribution is 2.37. The monoisotopic (exact) mass is 325 g/mol. The fourth-order valence-electron chi connectivity index (χ4n) is 2.00. The number of benzene rings is 1. The van der Waals surface area contributed by atoms with Crippen LogP contribution in [0.3, 0.4) is 0 Å². The number of fused-ring (bicyclic) bond motifs is 1. The third-order valence-corrected chi connectivity index (χ3v) is 3.32. The second kappa shape index (κ2) is 5.44. The van der Waals surface area contributed by atoms with E-state index in [1.807, 2.05) is 6.07 Å². The van der Waals surface area contributed by atoms with Crippen LogP contribution in [-0.2, 0) is 11.2 Å². The molecule has 1 unspecified atom stereocenters. The molecular weight excluding hydrogens is 314 g/mol. The number of rotatable bonds is 3. The summed E-state index contributed by atoms with van der Waals surface area (Å²) in [5.41, 5.74) is 1.23. The molecule has 0 radical (unpaired) electrons. The molecule has 19 heavy (non-hydrogen) atoms. The number of carboxylic acid groups (broad SMARTS) is 1. The van der Waals surface area contributed by atoms with Crippen LogP contribution in [0, 0.1) is 5.41 Å². The van der Waals surface area contributed by atoms with Gasteiger partial charge in [-0.3, -0.25) is 0 Å². The van der Waals surface area contributed by atoms with Gasteiger partial charge in [0.15, 0.2) is 6.10 Å². The highest BCUT2D eigenvalue weighted by molar-refractivity contribution is 9.10. The smallest absolute Gasteiger partial charge is 0.344 e. The molecular formula is C13H12BrNO4. The molecule has 2 rings (SSSR count). The van der Waals surface area contributed by atoms with E-state index in [9.17, 15) is 9.90 Å². The molecule has 0 saturated heterocycles. The molecule has 1 aromatic rings. The van der Waals surface area contributed by atoms with Gasteiger partial charge in [-0.2, -0.15) is 0 Å². The van der Waals surface area contributed by atoms with E-state index in [0.717, 1.165) is 16.3 Å². The van der Waals surface area contributed by atoms with Gasteiger partial charge in [-0.15, -0.1) is 0 Å². The van der Waals surface area contributed by atoms with Crippen LogP contribution in [0.1, 0.15) is 17.5 Å². The normalized spacial score (nSPS) is 18.4. The predicted molar refractivity (Wildman–Crippen MR) is 73.9 cm³/mol. The number of carboxylic acids is 1. The van der Waals surface area contributed by atoms with E-state index in [-0.39, 0.29) is 5.76 Å². The first kappa shape index (κ1) is 13.6. The van der Waals surface area contributed by atoms with E-state index in [4.69, 9.17) is 15.3 Å². The summed E-state index contributed by atoms with van der Waals surface area (Å²) in [6, 6.07) is 3.48. The lowest BCUT2D eigenvalue weighted by Crippen LogP contribution is -2.31. The largest absolute Gasteiger partial charge is 0.507 e. The van der Waals surface area contributed by atoms with Crippen molar-refractivity contribution in [1.29, 1.82) is 5.41 Å². The molecule has 1 aromatic carbocycles. The van der Waals surface area contributed by atoms with Crippen molar-refractivity contribution in [3.63, 3.8) is 0 Å². The van der Waals surface area contributed by atoms with Crippen molar-refractivity contribution in [1.82, 2.24) is 0 Å². The molecule has 0 aliphatic carbocycles. The summed E-state index contributed by atoms with van der Waals surface area (Å²) in [6.45, 7) is 0. The second-order valence-electron chi connectivity index (χ2n) is 4.14. The van der Waals surface area contributed by atoms with Crippen molar-refractivity contribution in [2.45, 2.75) is 18.9 Å². The van der Waals surface area contributed by atoms with Gasteiger partial charge in [0, 0.05) is 10.7 Å². The number of aryl methyl sites for hydroxylation is 1. The second-order valence-corrected chi connectivity index (χ2v) is 5.06. The van der Waals surface area contributed by atoms with Crippen molar-refractivity contribution in [3.8, 4) is 5.75 Å². The molecule has 1 aliphatic heterocycles. The molecule has 6 heteroatoms. The van der Waals surface area contributed by atoms with Gasteiger partial charge in [-0.1, -0.05) is 15.9 Å². The molecule has 0 bridgehead atoms. The van der Waals surface area contributed by atoms with Crippen LogP contribution in [0.4, 0.5) is 0 Å². The quantitative estimate of drug-likeness (QED) is 0.588. The molecule has 100 valence electrons. The number of allylic oxidation sites excluding steroid dienone is 1. The Morgan fingerprint density at radius 1 is 1.47 bits per heavy atom. The summed E-state index contributed by atoms with van der Waals surface area (Å²) < 4.78 is 6.22. The summed E-state index contributed by atoms with van der Waals surface area (Å²) in [5, 5.41) is 25.9. The van der Waals surface area contributed by atoms with Crippen LogP contribution in [0.5, 0.6) is 5.75 Å². The van der Waals surface area contributed by atoms with Gasteiger partial charge in [0.2, 0.25) is 0 Å². The summed E-state index contributed by atoms with van der Waals surface area (Å²) in [5.74, 6) is -0.772. The fraction of sp³-hybridized carbons (Fsp3) is 0.231. The van der Waals surface area contributed by atoms with Crippen LogP contribution >= 0.6 is 15.9 Å². The first-order chi connectivity index (χ1) is 9.02. The zero-order chi connectivity index (χ0) is 14.0. The molecule has 1 atom stereocenters. The maximum absolute atomic E-state index is 11.0. The zero-order valence-corrected chi connectivity index (χ0v) is 11.5. The third kappa shape index (κ3) is 2.78. The lowest BCUT2D eigenvalue weighted by atomic mass is 9.98. The average molecular weight is 326 g/mol. The number of aliphatic hydroxyl groups is 1. The minimum absolute atomic E-state index is 0.126. The Morgan fingerprint density at radius 2 is 2.21 bits per heavy atom. The van der Waals surface area contributed by atoms with Crippen molar-refractivity contribution >= 4 is 33.9 Å². The molecule has 0 spiro atoms. The van der Waals surface area contributed by atoms with E-state index in [2.05, 4.69) is 15.9 Å². The van der Waals surface area contributed by atoms with E-state index in [1.54, 1.807) is 6.07 Å². The van der Waals surface area contributed by atoms with Crippen molar-refractivity contribution in [2.75, 3.05) is 0 Å². The molecule has 0 saturated carbocycles. The number of aliphatic hydroxyl groups excluding tert-OH is 1. The summed E-state index contributed by atoms with van der Waals surface area (Å²) in [4.78, 5) is 11.0. The highest BCUT2D eigenvalue weighted by atomic mass is 79.9. The Kier molecular flexibility index (Phi) is 3.90. The Balaban J connectivity index is 2.50. The number of aliphatic carboxylic acids is 1. The average Bonchev–Trinajstić information content (AvgIpc) is 2.37. The van der Waals surface area contributed by atoms with Crippen LogP contribution in [0.15, 0.2) is 22.7 Å². The first-order valence-electron chi connectivity index (χ1n) is 5.65. The summed E-state index contributed by atoms with van der Waals surface area (Å²) in [7, 11) is 0. The molecule has 5 nitrogen and oxygen atoms in total. The van der Waals surface area contributed by atoms with E-state index < -0.39 is 12.1 Å². The van der Waals surface area contributed by atoms with Crippen LogP contribution < -0.4 is 4.74 Å². The molecule has 1 heterocycles. The van der Waals surface area contributed by atoms with Crippen molar-refractivity contribution in [2.24, 2.45) is 0 Å². The van der Waals surface area contributed by atoms with E-state index in [0.29, 0.717) is 24.2 Å². The van der Waals surface area contributed by atoms with Crippen LogP contribution in [0.25, 0.3) is 5.76 Å². The van der Waals surface area contributed by atoms with Crippen LogP contribution in [-0.4, -0.2) is 28.5 Å². The van der Waals surface area contributed by atoms with Crippen molar-refractivity contribution in [3.05, 3.63) is 33.8 Å². The minimum Gasteiger partial charge on any atom is -0.507 e. The van der Waals surface area contributed by atoms with Gasteiger partial charge in [0.1, 0.15) is 11.5 Å². The van der Waals surface area contributed by atoms with Gasteiger partial charge in [-0.05, 0) is 36.6 Å². The maximum atomic E-state index is 11.0. The fourth-order valence-corrected chi connectivity index (χ4v) is 2.50. The molecule has 0 aromatic heterocycles. The SMILES string of the molecule is N=C/C=C(\O)c1cc(Br)cc2c1OC(C(=O)O)CC2. The Bertz CT molecular complexity index is 568. The van der Waals surface area contributed by atoms with Gasteiger partial charge >= 0.3 is 5.97 Å². The van der Waals surface area contributed by atoms with Gasteiger partial charge in [0.05, 0.1) is 5.56 Å². The van der Waals surface area contributed by atoms with Gasteiger partial charge < -0.3 is 20.4 Å². The topological polar surface area (TPSA) is 90.6 Å². The predicted octanol–water partition coefficient (Wildman–Crippen LogP) is 2.78. The minimum atomic E-state index is -1.02. The van der Waals surface area contributed by atoms with Gasteiger partial charge in [0.25, 0.3) is 0 Å². The van der Waals surface area contributed by atoms with Crippen molar-refractivity contribution < 1.29 is 19.7 Å². The number of hydrogen-bond donors (Lipinski definition) is 3.